The molecule has 1 amide bonds. The topological polar surface area (TPSA) is 64.4 Å². The maximum absolute atomic E-state index is 13.9. The van der Waals surface area contributed by atoms with Crippen LogP contribution in [0.25, 0.3) is 11.1 Å². The van der Waals surface area contributed by atoms with Crippen LogP contribution in [0.3, 0.4) is 0 Å². The minimum Gasteiger partial charge on any atom is -0.484 e. The molecule has 0 saturated heterocycles. The Balaban J connectivity index is 1.49. The van der Waals surface area contributed by atoms with Crippen molar-refractivity contribution in [1.82, 2.24) is 14.5 Å². The van der Waals surface area contributed by atoms with Crippen LogP contribution in [0, 0.1) is 12.7 Å². The Labute approximate surface area is 208 Å². The number of ether oxygens (including phenoxy) is 1. The van der Waals surface area contributed by atoms with E-state index in [4.69, 9.17) is 4.74 Å². The first-order valence-electron chi connectivity index (χ1n) is 11.9. The lowest BCUT2D eigenvalue weighted by Crippen LogP contribution is -2.41. The summed E-state index contributed by atoms with van der Waals surface area (Å²) in [5, 5.41) is 0. The van der Waals surface area contributed by atoms with Crippen LogP contribution in [0.15, 0.2) is 83.9 Å². The second-order valence-electron chi connectivity index (χ2n) is 8.91. The van der Waals surface area contributed by atoms with Crippen molar-refractivity contribution >= 4 is 5.91 Å². The number of hydrogen-bond acceptors (Lipinski definition) is 4. The molecule has 0 bridgehead atoms. The predicted octanol–water partition coefficient (Wildman–Crippen LogP) is 4.37. The van der Waals surface area contributed by atoms with E-state index in [1.54, 1.807) is 40.9 Å². The first kappa shape index (κ1) is 23.5. The second-order valence-corrected chi connectivity index (χ2v) is 8.91. The van der Waals surface area contributed by atoms with E-state index in [0.717, 1.165) is 16.8 Å². The van der Waals surface area contributed by atoms with Gasteiger partial charge in [-0.3, -0.25) is 14.6 Å². The van der Waals surface area contributed by atoms with Gasteiger partial charge in [0, 0.05) is 43.2 Å². The third-order valence-corrected chi connectivity index (χ3v) is 6.46. The molecule has 0 radical (unpaired) electrons. The van der Waals surface area contributed by atoms with E-state index < -0.39 is 0 Å². The van der Waals surface area contributed by atoms with Gasteiger partial charge in [-0.15, -0.1) is 0 Å². The summed E-state index contributed by atoms with van der Waals surface area (Å²) in [5.74, 6) is 0.207. The average molecular weight is 484 g/mol. The van der Waals surface area contributed by atoms with Crippen molar-refractivity contribution in [3.05, 3.63) is 118 Å². The molecule has 36 heavy (non-hydrogen) atoms. The highest BCUT2D eigenvalue weighted by Gasteiger charge is 2.25. The van der Waals surface area contributed by atoms with E-state index in [9.17, 15) is 14.0 Å². The molecule has 182 valence electrons. The minimum absolute atomic E-state index is 0.0569. The molecule has 2 aromatic heterocycles. The van der Waals surface area contributed by atoms with Gasteiger partial charge < -0.3 is 14.2 Å². The molecule has 1 aliphatic heterocycles. The third kappa shape index (κ3) is 4.91. The quantitative estimate of drug-likeness (QED) is 0.409. The van der Waals surface area contributed by atoms with Crippen LogP contribution in [0.1, 0.15) is 22.4 Å². The van der Waals surface area contributed by atoms with Crippen molar-refractivity contribution in [1.29, 1.82) is 0 Å². The number of nitrogens with zero attached hydrogens (tertiary/aromatic N) is 3. The molecule has 5 rings (SSSR count). The number of aryl methyl sites for hydroxylation is 1. The molecule has 0 saturated carbocycles. The monoisotopic (exact) mass is 483 g/mol. The van der Waals surface area contributed by atoms with Crippen LogP contribution in [0.2, 0.25) is 0 Å². The van der Waals surface area contributed by atoms with Gasteiger partial charge in [-0.1, -0.05) is 30.3 Å². The van der Waals surface area contributed by atoms with Gasteiger partial charge in [-0.25, -0.2) is 4.39 Å². The van der Waals surface area contributed by atoms with Crippen LogP contribution in [0.4, 0.5) is 4.39 Å². The summed E-state index contributed by atoms with van der Waals surface area (Å²) >= 11 is 0. The number of carbonyl (C=O) groups is 1. The number of fused-ring (bicyclic) bond motifs is 1. The van der Waals surface area contributed by atoms with Crippen LogP contribution in [0.5, 0.6) is 5.75 Å². The van der Waals surface area contributed by atoms with E-state index >= 15 is 0 Å². The van der Waals surface area contributed by atoms with Crippen LogP contribution in [-0.4, -0.2) is 33.5 Å². The highest BCUT2D eigenvalue weighted by atomic mass is 19.1. The van der Waals surface area contributed by atoms with Crippen molar-refractivity contribution in [3.8, 4) is 16.9 Å². The van der Waals surface area contributed by atoms with Gasteiger partial charge in [0.1, 0.15) is 11.6 Å². The Bertz CT molecular complexity index is 1450. The molecular weight excluding hydrogens is 457 g/mol. The number of carbonyl (C=O) groups excluding carboxylic acids is 1. The molecule has 0 aliphatic carbocycles. The van der Waals surface area contributed by atoms with Gasteiger partial charge in [-0.05, 0) is 65.6 Å². The second kappa shape index (κ2) is 10.2. The molecule has 0 fully saturated rings. The number of hydrogen-bond donors (Lipinski definition) is 0. The van der Waals surface area contributed by atoms with Gasteiger partial charge in [-0.2, -0.15) is 0 Å². The molecule has 2 aromatic carbocycles. The first-order chi connectivity index (χ1) is 17.5. The molecule has 7 heteroatoms. The van der Waals surface area contributed by atoms with Crippen molar-refractivity contribution in [2.75, 3.05) is 13.2 Å². The maximum atomic E-state index is 13.9. The predicted molar refractivity (Wildman–Crippen MR) is 135 cm³/mol. The van der Waals surface area contributed by atoms with Gasteiger partial charge in [0.2, 0.25) is 0 Å². The zero-order chi connectivity index (χ0) is 25.1. The highest BCUT2D eigenvalue weighted by Crippen LogP contribution is 2.26. The van der Waals surface area contributed by atoms with Crippen molar-refractivity contribution in [2.45, 2.75) is 26.4 Å². The summed E-state index contributed by atoms with van der Waals surface area (Å²) in [4.78, 5) is 32.5. The van der Waals surface area contributed by atoms with Crippen LogP contribution in [-0.2, 0) is 24.3 Å². The molecule has 1 aliphatic rings. The molecule has 0 spiro atoms. The number of amides is 1. The smallest absolute Gasteiger partial charge is 0.260 e. The lowest BCUT2D eigenvalue weighted by atomic mass is 9.97. The molecule has 3 heterocycles. The summed E-state index contributed by atoms with van der Waals surface area (Å²) < 4.78 is 21.4. The molecule has 6 nitrogen and oxygen atoms in total. The van der Waals surface area contributed by atoms with Gasteiger partial charge in [0.25, 0.3) is 11.5 Å². The fourth-order valence-corrected chi connectivity index (χ4v) is 4.55. The number of benzene rings is 2. The molecule has 0 N–H and O–H groups in total. The lowest BCUT2D eigenvalue weighted by molar-refractivity contribution is -0.134. The van der Waals surface area contributed by atoms with Gasteiger partial charge >= 0.3 is 0 Å². The number of aromatic nitrogens is 2. The first-order valence-corrected chi connectivity index (χ1v) is 11.9. The van der Waals surface area contributed by atoms with Gasteiger partial charge in [0.05, 0.1) is 6.54 Å². The van der Waals surface area contributed by atoms with Crippen LogP contribution >= 0.6 is 0 Å². The van der Waals surface area contributed by atoms with E-state index in [2.05, 4.69) is 4.98 Å². The third-order valence-electron chi connectivity index (χ3n) is 6.46. The molecule has 0 unspecified atom stereocenters. The standard InChI is InChI=1S/C29H26FN3O3/c1-20-14-22(9-10-26(20)30)25-15-23-18-32(28(34)19-36-24-7-3-2-4-8-24)13-11-27(23)33(29(25)35)17-21-6-5-12-31-16-21/h2-10,12,14-16H,11,13,17-19H2,1H3. The van der Waals surface area contributed by atoms with E-state index in [0.29, 0.717) is 48.5 Å². The van der Waals surface area contributed by atoms with Crippen LogP contribution < -0.4 is 10.3 Å². The summed E-state index contributed by atoms with van der Waals surface area (Å²) in [5.41, 5.74) is 4.17. The lowest BCUT2D eigenvalue weighted by Gasteiger charge is -2.31. The zero-order valence-electron chi connectivity index (χ0n) is 20.0. The van der Waals surface area contributed by atoms with E-state index in [1.165, 1.54) is 6.07 Å². The molecule has 0 atom stereocenters. The van der Waals surface area contributed by atoms with E-state index in [-0.39, 0.29) is 23.9 Å². The Hall–Kier alpha value is -4.26. The highest BCUT2D eigenvalue weighted by molar-refractivity contribution is 5.78. The van der Waals surface area contributed by atoms with Gasteiger partial charge in [0.15, 0.2) is 6.61 Å². The molecular formula is C29H26FN3O3. The summed E-state index contributed by atoms with van der Waals surface area (Å²) in [7, 11) is 0. The number of halogens is 1. The Morgan fingerprint density at radius 3 is 2.67 bits per heavy atom. The summed E-state index contributed by atoms with van der Waals surface area (Å²) in [6.07, 6.45) is 3.98. The number of rotatable bonds is 6. The summed E-state index contributed by atoms with van der Waals surface area (Å²) in [6.45, 7) is 2.85. The number of para-hydroxylation sites is 1. The largest absolute Gasteiger partial charge is 0.484 e. The average Bonchev–Trinajstić information content (AvgIpc) is 2.91. The summed E-state index contributed by atoms with van der Waals surface area (Å²) in [6, 6.07) is 19.5. The maximum Gasteiger partial charge on any atom is 0.260 e. The van der Waals surface area contributed by atoms with Crippen molar-refractivity contribution < 1.29 is 13.9 Å². The zero-order valence-corrected chi connectivity index (χ0v) is 20.0. The van der Waals surface area contributed by atoms with Crippen molar-refractivity contribution in [3.63, 3.8) is 0 Å². The fourth-order valence-electron chi connectivity index (χ4n) is 4.55. The Kier molecular flexibility index (Phi) is 6.62. The minimum atomic E-state index is -0.317. The normalized spacial score (nSPS) is 12.8. The Morgan fingerprint density at radius 1 is 1.08 bits per heavy atom. The number of pyridine rings is 2. The van der Waals surface area contributed by atoms with Crippen molar-refractivity contribution in [2.24, 2.45) is 0 Å². The molecule has 4 aromatic rings. The SMILES string of the molecule is Cc1cc(-c2cc3c(n(Cc4cccnc4)c2=O)CCN(C(=O)COc2ccccc2)C3)ccc1F. The fraction of sp³-hybridized carbons (Fsp3) is 0.207. The Morgan fingerprint density at radius 2 is 1.92 bits per heavy atom. The van der Waals surface area contributed by atoms with E-state index in [1.807, 2.05) is 48.5 Å².